The quantitative estimate of drug-likeness (QED) is 0.651. The van der Waals surface area contributed by atoms with Gasteiger partial charge in [0.15, 0.2) is 0 Å². The van der Waals surface area contributed by atoms with E-state index in [1.807, 2.05) is 30.0 Å². The van der Waals surface area contributed by atoms with E-state index in [0.29, 0.717) is 11.8 Å². The highest BCUT2D eigenvalue weighted by Gasteiger charge is 2.18. The monoisotopic (exact) mass is 353 g/mol. The molecule has 3 heteroatoms. The molecule has 1 rings (SSSR count). The second-order valence-electron chi connectivity index (χ2n) is 6.62. The zero-order valence-electron chi connectivity index (χ0n) is 13.9. The highest BCUT2D eigenvalue weighted by atomic mass is 79.9. The van der Waals surface area contributed by atoms with E-state index in [1.54, 1.807) is 0 Å². The molecule has 0 radical (unpaired) electrons. The minimum Gasteiger partial charge on any atom is -0.339 e. The number of aryl methyl sites for hydroxylation is 1. The molecule has 0 saturated heterocycles. The van der Waals surface area contributed by atoms with Crippen molar-refractivity contribution in [2.24, 2.45) is 11.8 Å². The van der Waals surface area contributed by atoms with E-state index >= 15 is 0 Å². The zero-order valence-corrected chi connectivity index (χ0v) is 15.5. The lowest BCUT2D eigenvalue weighted by Crippen LogP contribution is -2.34. The van der Waals surface area contributed by atoms with E-state index in [9.17, 15) is 4.79 Å². The number of carbonyl (C=O) groups is 1. The van der Waals surface area contributed by atoms with Crippen molar-refractivity contribution in [2.45, 2.75) is 47.5 Å². The smallest absolute Gasteiger partial charge is 0.254 e. The van der Waals surface area contributed by atoms with Gasteiger partial charge in [0.05, 0.1) is 0 Å². The maximum atomic E-state index is 12.8. The summed E-state index contributed by atoms with van der Waals surface area (Å²) in [6, 6.07) is 5.93. The normalized spacial score (nSPS) is 11.2. The molecule has 0 fully saturated rings. The SMILES string of the molecule is Cc1ccc(Br)cc1C(=O)N(CCC(C)C)CCC(C)C. The summed E-state index contributed by atoms with van der Waals surface area (Å²) in [6.07, 6.45) is 2.10. The summed E-state index contributed by atoms with van der Waals surface area (Å²) in [5.74, 6) is 1.39. The van der Waals surface area contributed by atoms with Crippen molar-refractivity contribution in [2.75, 3.05) is 13.1 Å². The Balaban J connectivity index is 2.89. The molecule has 2 nitrogen and oxygen atoms in total. The third-order valence-corrected chi connectivity index (χ3v) is 4.16. The summed E-state index contributed by atoms with van der Waals surface area (Å²) in [4.78, 5) is 14.9. The Hall–Kier alpha value is -0.830. The van der Waals surface area contributed by atoms with Crippen LogP contribution in [0.15, 0.2) is 22.7 Å². The topological polar surface area (TPSA) is 20.3 Å². The summed E-state index contributed by atoms with van der Waals surface area (Å²) in [5.41, 5.74) is 1.86. The van der Waals surface area contributed by atoms with Crippen LogP contribution in [0, 0.1) is 18.8 Å². The number of nitrogens with zero attached hydrogens (tertiary/aromatic N) is 1. The molecule has 0 aromatic heterocycles. The van der Waals surface area contributed by atoms with E-state index in [2.05, 4.69) is 43.6 Å². The number of carbonyl (C=O) groups excluding carboxylic acids is 1. The number of benzene rings is 1. The Morgan fingerprint density at radius 3 is 2.10 bits per heavy atom. The van der Waals surface area contributed by atoms with Crippen LogP contribution in [-0.4, -0.2) is 23.9 Å². The Labute approximate surface area is 138 Å². The van der Waals surface area contributed by atoms with E-state index in [1.165, 1.54) is 0 Å². The fourth-order valence-corrected chi connectivity index (χ4v) is 2.50. The Morgan fingerprint density at radius 2 is 1.62 bits per heavy atom. The van der Waals surface area contributed by atoms with Gasteiger partial charge in [-0.05, 0) is 49.3 Å². The maximum absolute atomic E-state index is 12.8. The van der Waals surface area contributed by atoms with Crippen molar-refractivity contribution in [3.8, 4) is 0 Å². The van der Waals surface area contributed by atoms with Crippen molar-refractivity contribution in [1.82, 2.24) is 4.90 Å². The summed E-state index contributed by atoms with van der Waals surface area (Å²) >= 11 is 3.47. The Morgan fingerprint density at radius 1 is 1.10 bits per heavy atom. The van der Waals surface area contributed by atoms with E-state index < -0.39 is 0 Å². The molecule has 0 saturated carbocycles. The average Bonchev–Trinajstić information content (AvgIpc) is 2.40. The van der Waals surface area contributed by atoms with Crippen LogP contribution in [0.2, 0.25) is 0 Å². The third kappa shape index (κ3) is 6.21. The molecule has 0 heterocycles. The van der Waals surface area contributed by atoms with Gasteiger partial charge in [0.25, 0.3) is 5.91 Å². The first-order valence-corrected chi connectivity index (χ1v) is 8.66. The van der Waals surface area contributed by atoms with Crippen LogP contribution in [0.5, 0.6) is 0 Å². The van der Waals surface area contributed by atoms with Gasteiger partial charge in [-0.3, -0.25) is 4.79 Å². The van der Waals surface area contributed by atoms with Crippen LogP contribution in [0.1, 0.15) is 56.5 Å². The van der Waals surface area contributed by atoms with Gasteiger partial charge in [-0.2, -0.15) is 0 Å². The summed E-state index contributed by atoms with van der Waals surface area (Å²) in [6.45, 7) is 12.5. The molecule has 0 spiro atoms. The fraction of sp³-hybridized carbons (Fsp3) is 0.611. The Kier molecular flexibility index (Phi) is 7.44. The average molecular weight is 354 g/mol. The molecule has 1 amide bonds. The molecule has 21 heavy (non-hydrogen) atoms. The second kappa shape index (κ2) is 8.57. The predicted octanol–water partition coefficient (Wildman–Crippen LogP) is 5.29. The molecule has 0 aliphatic rings. The minimum atomic E-state index is 0.162. The molecule has 0 atom stereocenters. The summed E-state index contributed by atoms with van der Waals surface area (Å²) in [5, 5.41) is 0. The largest absolute Gasteiger partial charge is 0.339 e. The molecular formula is C18H28BrNO. The molecule has 1 aromatic rings. The van der Waals surface area contributed by atoms with Gasteiger partial charge < -0.3 is 4.90 Å². The van der Waals surface area contributed by atoms with E-state index in [0.717, 1.165) is 41.5 Å². The van der Waals surface area contributed by atoms with Gasteiger partial charge >= 0.3 is 0 Å². The third-order valence-electron chi connectivity index (χ3n) is 3.67. The van der Waals surface area contributed by atoms with E-state index in [4.69, 9.17) is 0 Å². The molecule has 0 aliphatic heterocycles. The van der Waals surface area contributed by atoms with Gasteiger partial charge in [-0.1, -0.05) is 49.7 Å². The molecule has 0 aliphatic carbocycles. The van der Waals surface area contributed by atoms with E-state index in [-0.39, 0.29) is 5.91 Å². The van der Waals surface area contributed by atoms with Gasteiger partial charge in [-0.15, -0.1) is 0 Å². The van der Waals surface area contributed by atoms with Gasteiger partial charge in [0.2, 0.25) is 0 Å². The first-order valence-electron chi connectivity index (χ1n) is 7.86. The lowest BCUT2D eigenvalue weighted by molar-refractivity contribution is 0.0740. The van der Waals surface area contributed by atoms with Crippen LogP contribution in [-0.2, 0) is 0 Å². The van der Waals surface area contributed by atoms with Crippen LogP contribution >= 0.6 is 15.9 Å². The minimum absolute atomic E-state index is 0.162. The zero-order chi connectivity index (χ0) is 16.0. The van der Waals surface area contributed by atoms with Gasteiger partial charge in [0.1, 0.15) is 0 Å². The van der Waals surface area contributed by atoms with Crippen LogP contribution in [0.4, 0.5) is 0 Å². The molecule has 118 valence electrons. The highest BCUT2D eigenvalue weighted by Crippen LogP contribution is 2.19. The highest BCUT2D eigenvalue weighted by molar-refractivity contribution is 9.10. The van der Waals surface area contributed by atoms with Crippen LogP contribution in [0.25, 0.3) is 0 Å². The fourth-order valence-electron chi connectivity index (χ4n) is 2.14. The number of amides is 1. The molecule has 0 unspecified atom stereocenters. The Bertz CT molecular complexity index is 456. The molecular weight excluding hydrogens is 326 g/mol. The number of rotatable bonds is 7. The van der Waals surface area contributed by atoms with Crippen LogP contribution < -0.4 is 0 Å². The van der Waals surface area contributed by atoms with Crippen molar-refractivity contribution < 1.29 is 4.79 Å². The number of halogens is 1. The lowest BCUT2D eigenvalue weighted by atomic mass is 10.0. The van der Waals surface area contributed by atoms with Gasteiger partial charge in [0, 0.05) is 23.1 Å². The first kappa shape index (κ1) is 18.2. The predicted molar refractivity (Wildman–Crippen MR) is 93.7 cm³/mol. The second-order valence-corrected chi connectivity index (χ2v) is 7.53. The lowest BCUT2D eigenvalue weighted by Gasteiger charge is -2.25. The first-order chi connectivity index (χ1) is 9.81. The van der Waals surface area contributed by atoms with Crippen LogP contribution in [0.3, 0.4) is 0 Å². The van der Waals surface area contributed by atoms with Crippen molar-refractivity contribution in [3.63, 3.8) is 0 Å². The molecule has 1 aromatic carbocycles. The van der Waals surface area contributed by atoms with Crippen molar-refractivity contribution >= 4 is 21.8 Å². The molecule has 0 bridgehead atoms. The number of hydrogen-bond acceptors (Lipinski definition) is 1. The molecule has 0 N–H and O–H groups in total. The van der Waals surface area contributed by atoms with Crippen molar-refractivity contribution in [3.05, 3.63) is 33.8 Å². The van der Waals surface area contributed by atoms with Gasteiger partial charge in [-0.25, -0.2) is 0 Å². The summed E-state index contributed by atoms with van der Waals surface area (Å²) in [7, 11) is 0. The summed E-state index contributed by atoms with van der Waals surface area (Å²) < 4.78 is 0.962. The standard InChI is InChI=1S/C18H28BrNO/c1-13(2)8-10-20(11-9-14(3)4)18(21)17-12-16(19)7-6-15(17)5/h6-7,12-14H,8-11H2,1-5H3. The van der Waals surface area contributed by atoms with Crippen molar-refractivity contribution in [1.29, 1.82) is 0 Å². The maximum Gasteiger partial charge on any atom is 0.254 e. The number of hydrogen-bond donors (Lipinski definition) is 0.